The number of para-hydroxylation sites is 2. The number of fused-ring (bicyclic) bond motifs is 9. The fourth-order valence-corrected chi connectivity index (χ4v) is 9.36. The highest BCUT2D eigenvalue weighted by Gasteiger charge is 2.24. The highest BCUT2D eigenvalue weighted by Crippen LogP contribution is 2.50. The van der Waals surface area contributed by atoms with Gasteiger partial charge >= 0.3 is 0 Å². The van der Waals surface area contributed by atoms with Crippen molar-refractivity contribution in [2.45, 2.75) is 0 Å². The molecule has 12 rings (SSSR count). The molecule has 0 atom stereocenters. The molecule has 2 heteroatoms. The van der Waals surface area contributed by atoms with Crippen molar-refractivity contribution >= 4 is 71.2 Å². The number of aromatic nitrogens is 1. The SMILES string of the molecule is c1cc(-c2ccc3c(ccc4ccccc43)c2)cc(N(c2cccc(-n3c4ccccc4c4ccccc43)c2)c2ccc3c(c2)-c2cccc4cccc-3c24)c1. The molecule has 0 N–H and O–H groups in total. The summed E-state index contributed by atoms with van der Waals surface area (Å²) in [7, 11) is 0. The highest BCUT2D eigenvalue weighted by molar-refractivity contribution is 6.16. The number of benzene rings is 10. The maximum Gasteiger partial charge on any atom is 0.0541 e. The summed E-state index contributed by atoms with van der Waals surface area (Å²) in [6, 6.07) is 75.9. The van der Waals surface area contributed by atoms with Gasteiger partial charge in [-0.1, -0.05) is 146 Å². The Morgan fingerprint density at radius 2 is 0.893 bits per heavy atom. The van der Waals surface area contributed by atoms with Crippen LogP contribution in [0, 0.1) is 0 Å². The van der Waals surface area contributed by atoms with Crippen LogP contribution in [0.2, 0.25) is 0 Å². The summed E-state index contributed by atoms with van der Waals surface area (Å²) in [5.74, 6) is 0. The molecule has 11 aromatic rings. The van der Waals surface area contributed by atoms with Gasteiger partial charge in [0.1, 0.15) is 0 Å². The molecule has 56 heavy (non-hydrogen) atoms. The van der Waals surface area contributed by atoms with Crippen molar-refractivity contribution in [3.8, 4) is 39.1 Å². The molecule has 1 aromatic heterocycles. The minimum Gasteiger partial charge on any atom is -0.310 e. The van der Waals surface area contributed by atoms with Crippen LogP contribution in [-0.2, 0) is 0 Å². The monoisotopic (exact) mass is 710 g/mol. The van der Waals surface area contributed by atoms with Crippen LogP contribution in [0.4, 0.5) is 17.1 Å². The maximum atomic E-state index is 2.43. The van der Waals surface area contributed by atoms with E-state index in [1.807, 2.05) is 0 Å². The van der Waals surface area contributed by atoms with Crippen molar-refractivity contribution in [3.05, 3.63) is 206 Å². The van der Waals surface area contributed by atoms with Gasteiger partial charge in [0.2, 0.25) is 0 Å². The van der Waals surface area contributed by atoms with Crippen LogP contribution in [0.3, 0.4) is 0 Å². The lowest BCUT2D eigenvalue weighted by molar-refractivity contribution is 1.17. The molecule has 1 heterocycles. The van der Waals surface area contributed by atoms with E-state index in [1.54, 1.807) is 0 Å². The van der Waals surface area contributed by atoms with Crippen molar-refractivity contribution in [2.75, 3.05) is 4.90 Å². The van der Waals surface area contributed by atoms with Crippen LogP contribution < -0.4 is 4.90 Å². The van der Waals surface area contributed by atoms with Gasteiger partial charge in [-0.3, -0.25) is 0 Å². The smallest absolute Gasteiger partial charge is 0.0541 e. The molecule has 0 unspecified atom stereocenters. The molecular weight excluding hydrogens is 677 g/mol. The van der Waals surface area contributed by atoms with Gasteiger partial charge in [-0.15, -0.1) is 0 Å². The highest BCUT2D eigenvalue weighted by atomic mass is 15.1. The third-order valence-corrected chi connectivity index (χ3v) is 11.9. The van der Waals surface area contributed by atoms with Crippen LogP contribution in [0.1, 0.15) is 0 Å². The van der Waals surface area contributed by atoms with Gasteiger partial charge in [-0.2, -0.15) is 0 Å². The fraction of sp³-hybridized carbons (Fsp3) is 0. The molecule has 10 aromatic carbocycles. The van der Waals surface area contributed by atoms with E-state index in [2.05, 4.69) is 216 Å². The first-order chi connectivity index (χ1) is 27.8. The van der Waals surface area contributed by atoms with E-state index in [9.17, 15) is 0 Å². The molecule has 0 saturated heterocycles. The van der Waals surface area contributed by atoms with Crippen LogP contribution in [0.15, 0.2) is 206 Å². The molecule has 260 valence electrons. The van der Waals surface area contributed by atoms with Gasteiger partial charge in [-0.25, -0.2) is 0 Å². The first kappa shape index (κ1) is 31.0. The summed E-state index contributed by atoms with van der Waals surface area (Å²) in [6.07, 6.45) is 0. The van der Waals surface area contributed by atoms with E-state index in [1.165, 1.54) is 87.5 Å². The molecule has 0 aliphatic heterocycles. The first-order valence-electron chi connectivity index (χ1n) is 19.3. The summed E-state index contributed by atoms with van der Waals surface area (Å²) in [5.41, 5.74) is 14.4. The van der Waals surface area contributed by atoms with Gasteiger partial charge in [0, 0.05) is 33.5 Å². The van der Waals surface area contributed by atoms with Gasteiger partial charge < -0.3 is 9.47 Å². The summed E-state index contributed by atoms with van der Waals surface area (Å²) in [5, 5.41) is 10.2. The zero-order valence-electron chi connectivity index (χ0n) is 30.5. The molecule has 0 spiro atoms. The van der Waals surface area contributed by atoms with Gasteiger partial charge in [-0.05, 0) is 126 Å². The topological polar surface area (TPSA) is 8.17 Å². The largest absolute Gasteiger partial charge is 0.310 e. The van der Waals surface area contributed by atoms with Gasteiger partial charge in [0.15, 0.2) is 0 Å². The van der Waals surface area contributed by atoms with Crippen molar-refractivity contribution in [1.82, 2.24) is 4.57 Å². The number of nitrogens with zero attached hydrogens (tertiary/aromatic N) is 2. The zero-order chi connectivity index (χ0) is 36.7. The van der Waals surface area contributed by atoms with Crippen LogP contribution in [-0.4, -0.2) is 4.57 Å². The van der Waals surface area contributed by atoms with E-state index in [0.29, 0.717) is 0 Å². The predicted octanol–water partition coefficient (Wildman–Crippen LogP) is 15.0. The van der Waals surface area contributed by atoms with E-state index in [0.717, 1.165) is 22.7 Å². The Kier molecular flexibility index (Phi) is 6.66. The van der Waals surface area contributed by atoms with Gasteiger partial charge in [0.25, 0.3) is 0 Å². The Morgan fingerprint density at radius 1 is 0.304 bits per heavy atom. The Labute approximate surface area is 324 Å². The standard InChI is InChI=1S/C54H34N2/c1-2-18-44-35(11-1)25-26-39-31-38(27-29-45(39)44)37-14-7-15-40(32-37)55(43-28-30-46-49-21-8-12-36-13-9-22-50(54(36)49)51(46)34-43)41-16-10-17-42(33-41)56-52-23-5-3-19-47(52)48-20-4-6-24-53(48)56/h1-34H. The summed E-state index contributed by atoms with van der Waals surface area (Å²) in [6.45, 7) is 0. The molecule has 0 radical (unpaired) electrons. The quantitative estimate of drug-likeness (QED) is 0.161. The molecule has 0 amide bonds. The van der Waals surface area contributed by atoms with E-state index < -0.39 is 0 Å². The Hall–Kier alpha value is -7.42. The Balaban J connectivity index is 1.05. The fourth-order valence-electron chi connectivity index (χ4n) is 9.36. The third-order valence-electron chi connectivity index (χ3n) is 11.9. The minimum absolute atomic E-state index is 1.10. The average molecular weight is 711 g/mol. The Morgan fingerprint density at radius 3 is 1.70 bits per heavy atom. The summed E-state index contributed by atoms with van der Waals surface area (Å²) in [4.78, 5) is 2.43. The molecule has 2 nitrogen and oxygen atoms in total. The zero-order valence-corrected chi connectivity index (χ0v) is 30.5. The molecule has 0 fully saturated rings. The lowest BCUT2D eigenvalue weighted by Crippen LogP contribution is -2.11. The first-order valence-corrected chi connectivity index (χ1v) is 19.3. The minimum atomic E-state index is 1.10. The van der Waals surface area contributed by atoms with Gasteiger partial charge in [0.05, 0.1) is 11.0 Å². The summed E-state index contributed by atoms with van der Waals surface area (Å²) >= 11 is 0. The van der Waals surface area contributed by atoms with Crippen molar-refractivity contribution < 1.29 is 0 Å². The molecule has 0 saturated carbocycles. The maximum absolute atomic E-state index is 2.43. The summed E-state index contributed by atoms with van der Waals surface area (Å²) < 4.78 is 2.40. The molecular formula is C54H34N2. The molecule has 1 aliphatic carbocycles. The number of rotatable bonds is 5. The second-order valence-corrected chi connectivity index (χ2v) is 14.9. The average Bonchev–Trinajstić information content (AvgIpc) is 3.77. The third kappa shape index (κ3) is 4.63. The second kappa shape index (κ2) is 12.0. The lowest BCUT2D eigenvalue weighted by Gasteiger charge is -2.27. The molecule has 0 bridgehead atoms. The van der Waals surface area contributed by atoms with E-state index >= 15 is 0 Å². The predicted molar refractivity (Wildman–Crippen MR) is 238 cm³/mol. The number of anilines is 3. The second-order valence-electron chi connectivity index (χ2n) is 14.9. The van der Waals surface area contributed by atoms with E-state index in [-0.39, 0.29) is 0 Å². The number of hydrogen-bond acceptors (Lipinski definition) is 1. The molecule has 1 aliphatic rings. The lowest BCUT2D eigenvalue weighted by atomic mass is 9.97. The van der Waals surface area contributed by atoms with Crippen molar-refractivity contribution in [2.24, 2.45) is 0 Å². The number of hydrogen-bond donors (Lipinski definition) is 0. The van der Waals surface area contributed by atoms with Crippen LogP contribution in [0.5, 0.6) is 0 Å². The van der Waals surface area contributed by atoms with Crippen molar-refractivity contribution in [1.29, 1.82) is 0 Å². The normalized spacial score (nSPS) is 11.9. The van der Waals surface area contributed by atoms with E-state index in [4.69, 9.17) is 0 Å². The van der Waals surface area contributed by atoms with Crippen LogP contribution >= 0.6 is 0 Å². The van der Waals surface area contributed by atoms with Crippen molar-refractivity contribution in [3.63, 3.8) is 0 Å². The van der Waals surface area contributed by atoms with Crippen LogP contribution in [0.25, 0.3) is 93.2 Å². The Bertz CT molecular complexity index is 3330.